The maximum absolute atomic E-state index is 13.7. The smallest absolute Gasteiger partial charge is 0.243 e. The predicted molar refractivity (Wildman–Crippen MR) is 157 cm³/mol. The number of anilines is 1. The van der Waals surface area contributed by atoms with Gasteiger partial charge in [0.05, 0.1) is 11.9 Å². The summed E-state index contributed by atoms with van der Waals surface area (Å²) in [6.45, 7) is 4.58. The van der Waals surface area contributed by atoms with Crippen molar-refractivity contribution >= 4 is 27.5 Å². The highest BCUT2D eigenvalue weighted by Crippen LogP contribution is 2.21. The molecular formula is C31H38FN3O4S. The van der Waals surface area contributed by atoms with Gasteiger partial charge in [0.2, 0.25) is 21.8 Å². The van der Waals surface area contributed by atoms with Crippen molar-refractivity contribution in [3.8, 4) is 0 Å². The SMILES string of the molecule is CCCNC(=O)[C@@H](Cc1ccccc1)N(Cc1ccc(F)cc1)C(=O)CCCN(c1ccc(C)cc1)S(C)(=O)=O. The summed E-state index contributed by atoms with van der Waals surface area (Å²) in [7, 11) is -3.57. The molecule has 0 bridgehead atoms. The summed E-state index contributed by atoms with van der Waals surface area (Å²) in [5.74, 6) is -0.937. The summed E-state index contributed by atoms with van der Waals surface area (Å²) in [6, 6.07) is 21.7. The fraction of sp³-hybridized carbons (Fsp3) is 0.355. The van der Waals surface area contributed by atoms with Crippen LogP contribution in [0.5, 0.6) is 0 Å². The van der Waals surface area contributed by atoms with Gasteiger partial charge in [-0.25, -0.2) is 12.8 Å². The van der Waals surface area contributed by atoms with Gasteiger partial charge >= 0.3 is 0 Å². The topological polar surface area (TPSA) is 86.8 Å². The van der Waals surface area contributed by atoms with E-state index in [9.17, 15) is 22.4 Å². The third kappa shape index (κ3) is 9.19. The molecule has 0 saturated heterocycles. The van der Waals surface area contributed by atoms with E-state index in [1.54, 1.807) is 24.3 Å². The fourth-order valence-electron chi connectivity index (χ4n) is 4.42. The Morgan fingerprint density at radius 1 is 0.925 bits per heavy atom. The van der Waals surface area contributed by atoms with Crippen LogP contribution in [0.15, 0.2) is 78.9 Å². The number of amides is 2. The Labute approximate surface area is 237 Å². The lowest BCUT2D eigenvalue weighted by molar-refractivity contribution is -0.141. The maximum Gasteiger partial charge on any atom is 0.243 e. The van der Waals surface area contributed by atoms with Gasteiger partial charge < -0.3 is 10.2 Å². The first-order valence-corrected chi connectivity index (χ1v) is 15.3. The zero-order valence-electron chi connectivity index (χ0n) is 23.3. The molecule has 0 spiro atoms. The molecule has 0 saturated carbocycles. The van der Waals surface area contributed by atoms with Crippen molar-refractivity contribution in [2.45, 2.75) is 52.1 Å². The molecule has 0 aliphatic heterocycles. The minimum absolute atomic E-state index is 0.0332. The Morgan fingerprint density at radius 2 is 1.57 bits per heavy atom. The molecule has 40 heavy (non-hydrogen) atoms. The fourth-order valence-corrected chi connectivity index (χ4v) is 5.39. The minimum atomic E-state index is -3.57. The first-order chi connectivity index (χ1) is 19.1. The molecule has 0 fully saturated rings. The van der Waals surface area contributed by atoms with Crippen LogP contribution in [0, 0.1) is 12.7 Å². The number of sulfonamides is 1. The van der Waals surface area contributed by atoms with Crippen molar-refractivity contribution < 1.29 is 22.4 Å². The van der Waals surface area contributed by atoms with Crippen LogP contribution in [-0.2, 0) is 32.6 Å². The number of hydrogen-bond acceptors (Lipinski definition) is 4. The molecule has 2 amide bonds. The van der Waals surface area contributed by atoms with Gasteiger partial charge in [0.25, 0.3) is 0 Å². The van der Waals surface area contributed by atoms with Gasteiger partial charge in [-0.1, -0.05) is 67.1 Å². The van der Waals surface area contributed by atoms with Crippen LogP contribution < -0.4 is 9.62 Å². The van der Waals surface area contributed by atoms with Gasteiger partial charge in [-0.3, -0.25) is 13.9 Å². The molecule has 3 rings (SSSR count). The van der Waals surface area contributed by atoms with E-state index in [-0.39, 0.29) is 43.6 Å². The van der Waals surface area contributed by atoms with Crippen LogP contribution in [-0.4, -0.2) is 50.5 Å². The predicted octanol–water partition coefficient (Wildman–Crippen LogP) is 4.85. The Morgan fingerprint density at radius 3 is 2.17 bits per heavy atom. The van der Waals surface area contributed by atoms with Gasteiger partial charge in [-0.05, 0) is 55.2 Å². The highest BCUT2D eigenvalue weighted by Gasteiger charge is 2.30. The van der Waals surface area contributed by atoms with Crippen molar-refractivity contribution in [3.63, 3.8) is 0 Å². The number of hydrogen-bond donors (Lipinski definition) is 1. The normalized spacial score (nSPS) is 12.0. The average Bonchev–Trinajstić information content (AvgIpc) is 2.93. The summed E-state index contributed by atoms with van der Waals surface area (Å²) in [6.07, 6.45) is 2.49. The number of nitrogens with zero attached hydrogens (tertiary/aromatic N) is 2. The van der Waals surface area contributed by atoms with Crippen molar-refractivity contribution in [2.24, 2.45) is 0 Å². The quantitative estimate of drug-likeness (QED) is 0.302. The molecular weight excluding hydrogens is 529 g/mol. The Balaban J connectivity index is 1.85. The van der Waals surface area contributed by atoms with Gasteiger partial charge in [0.15, 0.2) is 0 Å². The molecule has 7 nitrogen and oxygen atoms in total. The highest BCUT2D eigenvalue weighted by molar-refractivity contribution is 7.92. The average molecular weight is 568 g/mol. The number of nitrogens with one attached hydrogen (secondary N) is 1. The zero-order valence-corrected chi connectivity index (χ0v) is 24.2. The number of rotatable bonds is 14. The lowest BCUT2D eigenvalue weighted by atomic mass is 10.0. The minimum Gasteiger partial charge on any atom is -0.354 e. The van der Waals surface area contributed by atoms with E-state index in [1.807, 2.05) is 56.3 Å². The lowest BCUT2D eigenvalue weighted by Crippen LogP contribution is -2.50. The summed E-state index contributed by atoms with van der Waals surface area (Å²) in [5, 5.41) is 2.92. The van der Waals surface area contributed by atoms with E-state index < -0.39 is 16.1 Å². The molecule has 3 aromatic carbocycles. The number of carbonyl (C=O) groups excluding carboxylic acids is 2. The Hall–Kier alpha value is -3.72. The van der Waals surface area contributed by atoms with Crippen molar-refractivity contribution in [3.05, 3.63) is 101 Å². The molecule has 3 aromatic rings. The van der Waals surface area contributed by atoms with Crippen LogP contribution in [0.4, 0.5) is 10.1 Å². The van der Waals surface area contributed by atoms with Crippen molar-refractivity contribution in [2.75, 3.05) is 23.7 Å². The molecule has 0 unspecified atom stereocenters. The second-order valence-corrected chi connectivity index (χ2v) is 11.8. The van der Waals surface area contributed by atoms with Gasteiger partial charge in [-0.15, -0.1) is 0 Å². The van der Waals surface area contributed by atoms with E-state index in [2.05, 4.69) is 5.32 Å². The molecule has 0 aromatic heterocycles. The molecule has 214 valence electrons. The summed E-state index contributed by atoms with van der Waals surface area (Å²) in [4.78, 5) is 28.6. The largest absolute Gasteiger partial charge is 0.354 e. The summed E-state index contributed by atoms with van der Waals surface area (Å²) < 4.78 is 40.0. The highest BCUT2D eigenvalue weighted by atomic mass is 32.2. The van der Waals surface area contributed by atoms with Gasteiger partial charge in [0.1, 0.15) is 11.9 Å². The third-order valence-corrected chi connectivity index (χ3v) is 7.75. The molecule has 0 heterocycles. The van der Waals surface area contributed by atoms with E-state index in [4.69, 9.17) is 0 Å². The van der Waals surface area contributed by atoms with Crippen molar-refractivity contribution in [1.82, 2.24) is 10.2 Å². The third-order valence-electron chi connectivity index (χ3n) is 6.56. The number of halogens is 1. The molecule has 0 aliphatic carbocycles. The number of aryl methyl sites for hydroxylation is 1. The first-order valence-electron chi connectivity index (χ1n) is 13.5. The van der Waals surface area contributed by atoms with Gasteiger partial charge in [0, 0.05) is 32.5 Å². The van der Waals surface area contributed by atoms with E-state index in [0.29, 0.717) is 24.2 Å². The zero-order chi connectivity index (χ0) is 29.1. The van der Waals surface area contributed by atoms with Crippen LogP contribution in [0.3, 0.4) is 0 Å². The van der Waals surface area contributed by atoms with Crippen LogP contribution in [0.25, 0.3) is 0 Å². The molecule has 1 N–H and O–H groups in total. The van der Waals surface area contributed by atoms with Crippen LogP contribution in [0.1, 0.15) is 42.9 Å². The standard InChI is InChI=1S/C31H38FN3O4S/c1-4-20-33-31(37)29(22-25-9-6-5-7-10-25)34(23-26-14-16-27(32)17-15-26)30(36)11-8-21-35(40(3,38)39)28-18-12-24(2)13-19-28/h5-7,9-10,12-19,29H,4,8,11,20-23H2,1-3H3,(H,33,37)/t29-/m1/s1. The number of benzene rings is 3. The molecule has 0 radical (unpaired) electrons. The Bertz CT molecular complexity index is 1350. The van der Waals surface area contributed by atoms with Crippen molar-refractivity contribution in [1.29, 1.82) is 0 Å². The summed E-state index contributed by atoms with van der Waals surface area (Å²) in [5.41, 5.74) is 3.13. The Kier molecular flexibility index (Phi) is 11.3. The molecule has 9 heteroatoms. The molecule has 0 aliphatic rings. The van der Waals surface area contributed by atoms with E-state index in [0.717, 1.165) is 23.8 Å². The van der Waals surface area contributed by atoms with Gasteiger partial charge in [-0.2, -0.15) is 0 Å². The van der Waals surface area contributed by atoms with E-state index >= 15 is 0 Å². The lowest BCUT2D eigenvalue weighted by Gasteiger charge is -2.32. The summed E-state index contributed by atoms with van der Waals surface area (Å²) >= 11 is 0. The van der Waals surface area contributed by atoms with E-state index in [1.165, 1.54) is 21.3 Å². The van der Waals surface area contributed by atoms with Crippen LogP contribution in [0.2, 0.25) is 0 Å². The monoisotopic (exact) mass is 567 g/mol. The number of carbonyl (C=O) groups is 2. The van der Waals surface area contributed by atoms with Crippen LogP contribution >= 0.6 is 0 Å². The second-order valence-electron chi connectivity index (χ2n) is 9.92. The second kappa shape index (κ2) is 14.6. The molecule has 1 atom stereocenters. The first kappa shape index (κ1) is 30.8. The maximum atomic E-state index is 13.7.